The van der Waals surface area contributed by atoms with E-state index in [9.17, 15) is 19.2 Å². The molecule has 0 unspecified atom stereocenters. The fraction of sp³-hybridized carbons (Fsp3) is 0.154. The van der Waals surface area contributed by atoms with E-state index in [0.717, 1.165) is 4.90 Å². The third-order valence-corrected chi connectivity index (χ3v) is 5.44. The minimum absolute atomic E-state index is 0.0164. The zero-order chi connectivity index (χ0) is 24.9. The van der Waals surface area contributed by atoms with Gasteiger partial charge in [0.2, 0.25) is 0 Å². The molecule has 178 valence electrons. The number of anilines is 2. The second kappa shape index (κ2) is 10.1. The lowest BCUT2D eigenvalue weighted by molar-refractivity contribution is 0.0642. The van der Waals surface area contributed by atoms with Gasteiger partial charge in [-0.1, -0.05) is 24.3 Å². The summed E-state index contributed by atoms with van der Waals surface area (Å²) in [7, 11) is 1.45. The van der Waals surface area contributed by atoms with E-state index in [4.69, 9.17) is 4.74 Å². The number of methoxy groups -OCH3 is 1. The van der Waals surface area contributed by atoms with Crippen molar-refractivity contribution in [3.05, 3.63) is 89.0 Å². The van der Waals surface area contributed by atoms with Crippen molar-refractivity contribution < 1.29 is 23.9 Å². The highest BCUT2D eigenvalue weighted by Crippen LogP contribution is 2.27. The van der Waals surface area contributed by atoms with Crippen LogP contribution >= 0.6 is 0 Å². The number of rotatable bonds is 7. The molecule has 4 rings (SSSR count). The number of carbonyl (C=O) groups excluding carboxylic acids is 4. The summed E-state index contributed by atoms with van der Waals surface area (Å²) in [6.45, 7) is 2.31. The van der Waals surface area contributed by atoms with Gasteiger partial charge in [-0.25, -0.2) is 4.79 Å². The average Bonchev–Trinajstić information content (AvgIpc) is 3.09. The van der Waals surface area contributed by atoms with Gasteiger partial charge in [0, 0.05) is 17.9 Å². The fourth-order valence-electron chi connectivity index (χ4n) is 3.81. The zero-order valence-electron chi connectivity index (χ0n) is 19.3. The summed E-state index contributed by atoms with van der Waals surface area (Å²) >= 11 is 0. The molecule has 0 bridgehead atoms. The first-order chi connectivity index (χ1) is 16.9. The van der Waals surface area contributed by atoms with Crippen molar-refractivity contribution in [3.63, 3.8) is 0 Å². The monoisotopic (exact) mass is 472 g/mol. The van der Waals surface area contributed by atoms with Crippen molar-refractivity contribution in [2.45, 2.75) is 13.5 Å². The molecule has 0 atom stereocenters. The van der Waals surface area contributed by atoms with Crippen LogP contribution in [-0.4, -0.2) is 42.3 Å². The number of benzene rings is 3. The van der Waals surface area contributed by atoms with E-state index in [1.165, 1.54) is 7.11 Å². The Morgan fingerprint density at radius 3 is 2.14 bits per heavy atom. The molecule has 0 fully saturated rings. The van der Waals surface area contributed by atoms with E-state index in [1.807, 2.05) is 6.92 Å². The largest absolute Gasteiger partial charge is 0.496 e. The lowest BCUT2D eigenvalue weighted by Crippen LogP contribution is -2.29. The molecule has 5 amide bonds. The smallest absolute Gasteiger partial charge is 0.319 e. The lowest BCUT2D eigenvalue weighted by atomic mass is 10.1. The van der Waals surface area contributed by atoms with Gasteiger partial charge >= 0.3 is 6.03 Å². The first-order valence-electron chi connectivity index (χ1n) is 11.0. The van der Waals surface area contributed by atoms with Crippen molar-refractivity contribution in [3.8, 4) is 5.75 Å². The van der Waals surface area contributed by atoms with Crippen molar-refractivity contribution >= 4 is 35.1 Å². The van der Waals surface area contributed by atoms with E-state index in [0.29, 0.717) is 40.4 Å². The van der Waals surface area contributed by atoms with Gasteiger partial charge in [0.1, 0.15) is 5.75 Å². The summed E-state index contributed by atoms with van der Waals surface area (Å²) in [6.07, 6.45) is 0. The average molecular weight is 473 g/mol. The molecule has 1 aliphatic rings. The highest BCUT2D eigenvalue weighted by atomic mass is 16.5. The summed E-state index contributed by atoms with van der Waals surface area (Å²) in [5.74, 6) is -0.848. The summed E-state index contributed by atoms with van der Waals surface area (Å²) in [5.41, 5.74) is 2.55. The van der Waals surface area contributed by atoms with Crippen LogP contribution < -0.4 is 20.7 Å². The molecule has 0 saturated carbocycles. The number of ether oxygens (including phenoxy) is 1. The maximum atomic E-state index is 13.1. The number of fused-ring (bicyclic) bond motifs is 1. The van der Waals surface area contributed by atoms with Crippen LogP contribution in [0.5, 0.6) is 5.75 Å². The SMILES string of the molecule is CCNC(=O)Nc1cccc(NC(=O)c2cc(CN3C(=O)c4ccccc4C3=O)ccc2OC)c1. The number of nitrogens with one attached hydrogen (secondary N) is 3. The summed E-state index contributed by atoms with van der Waals surface area (Å²) in [5, 5.41) is 8.12. The number of imide groups is 1. The molecule has 3 aromatic carbocycles. The van der Waals surface area contributed by atoms with Gasteiger partial charge in [0.25, 0.3) is 17.7 Å². The number of amides is 5. The van der Waals surface area contributed by atoms with Crippen LogP contribution in [0.2, 0.25) is 0 Å². The van der Waals surface area contributed by atoms with E-state index >= 15 is 0 Å². The van der Waals surface area contributed by atoms with Gasteiger partial charge in [0.15, 0.2) is 0 Å². The molecule has 1 aliphatic heterocycles. The van der Waals surface area contributed by atoms with Crippen LogP contribution in [0.15, 0.2) is 66.7 Å². The molecule has 9 heteroatoms. The molecular weight excluding hydrogens is 448 g/mol. The molecular formula is C26H24N4O5. The number of urea groups is 1. The first-order valence-corrected chi connectivity index (χ1v) is 11.0. The molecule has 3 N–H and O–H groups in total. The first kappa shape index (κ1) is 23.5. The summed E-state index contributed by atoms with van der Waals surface area (Å²) in [4.78, 5) is 51.4. The Kier molecular flexibility index (Phi) is 6.77. The highest BCUT2D eigenvalue weighted by Gasteiger charge is 2.35. The molecule has 3 aromatic rings. The molecule has 35 heavy (non-hydrogen) atoms. The van der Waals surface area contributed by atoms with Crippen molar-refractivity contribution in [1.82, 2.24) is 10.2 Å². The zero-order valence-corrected chi connectivity index (χ0v) is 19.3. The molecule has 0 saturated heterocycles. The van der Waals surface area contributed by atoms with E-state index in [-0.39, 0.29) is 30.0 Å². The van der Waals surface area contributed by atoms with Crippen LogP contribution in [0.1, 0.15) is 43.6 Å². The Hall–Kier alpha value is -4.66. The Morgan fingerprint density at radius 2 is 1.51 bits per heavy atom. The third-order valence-electron chi connectivity index (χ3n) is 5.44. The standard InChI is InChI=1S/C26H24N4O5/c1-3-27-26(34)29-18-8-6-7-17(14-18)28-23(31)21-13-16(11-12-22(21)35-2)15-30-24(32)19-9-4-5-10-20(19)25(30)33/h4-14H,3,15H2,1-2H3,(H,28,31)(H2,27,29,34). The molecule has 0 spiro atoms. The number of nitrogens with zero attached hydrogens (tertiary/aromatic N) is 1. The summed E-state index contributed by atoms with van der Waals surface area (Å²) in [6, 6.07) is 18.0. The number of hydrogen-bond acceptors (Lipinski definition) is 5. The normalized spacial score (nSPS) is 12.2. The minimum Gasteiger partial charge on any atom is -0.496 e. The van der Waals surface area contributed by atoms with Gasteiger partial charge in [-0.15, -0.1) is 0 Å². The fourth-order valence-corrected chi connectivity index (χ4v) is 3.81. The highest BCUT2D eigenvalue weighted by molar-refractivity contribution is 6.21. The quantitative estimate of drug-likeness (QED) is 0.451. The van der Waals surface area contributed by atoms with Crippen LogP contribution in [0.25, 0.3) is 0 Å². The van der Waals surface area contributed by atoms with Crippen molar-refractivity contribution in [2.24, 2.45) is 0 Å². The van der Waals surface area contributed by atoms with Crippen molar-refractivity contribution in [2.75, 3.05) is 24.3 Å². The Morgan fingerprint density at radius 1 is 0.857 bits per heavy atom. The van der Waals surface area contributed by atoms with E-state index < -0.39 is 5.91 Å². The van der Waals surface area contributed by atoms with Crippen molar-refractivity contribution in [1.29, 1.82) is 0 Å². The van der Waals surface area contributed by atoms with E-state index in [1.54, 1.807) is 66.7 Å². The van der Waals surface area contributed by atoms with Gasteiger partial charge in [-0.05, 0) is 55.0 Å². The third kappa shape index (κ3) is 4.98. The number of carbonyl (C=O) groups is 4. The van der Waals surface area contributed by atoms with Crippen LogP contribution in [-0.2, 0) is 6.54 Å². The van der Waals surface area contributed by atoms with Gasteiger partial charge in [0.05, 0.1) is 30.3 Å². The van der Waals surface area contributed by atoms with Crippen LogP contribution in [0, 0.1) is 0 Å². The maximum Gasteiger partial charge on any atom is 0.319 e. The van der Waals surface area contributed by atoms with Gasteiger partial charge in [-0.2, -0.15) is 0 Å². The molecule has 0 aromatic heterocycles. The summed E-state index contributed by atoms with van der Waals surface area (Å²) < 4.78 is 5.35. The topological polar surface area (TPSA) is 117 Å². The molecule has 9 nitrogen and oxygen atoms in total. The predicted octanol–water partition coefficient (Wildman–Crippen LogP) is 3.89. The molecule has 0 aliphatic carbocycles. The van der Waals surface area contributed by atoms with Gasteiger partial charge < -0.3 is 20.7 Å². The van der Waals surface area contributed by atoms with Gasteiger partial charge in [-0.3, -0.25) is 19.3 Å². The lowest BCUT2D eigenvalue weighted by Gasteiger charge is -2.16. The molecule has 1 heterocycles. The number of hydrogen-bond donors (Lipinski definition) is 3. The Balaban J connectivity index is 1.53. The predicted molar refractivity (Wildman–Crippen MR) is 131 cm³/mol. The molecule has 0 radical (unpaired) electrons. The Bertz CT molecular complexity index is 1290. The van der Waals surface area contributed by atoms with Crippen LogP contribution in [0.3, 0.4) is 0 Å². The van der Waals surface area contributed by atoms with E-state index in [2.05, 4.69) is 16.0 Å². The maximum absolute atomic E-state index is 13.1. The Labute approximate surface area is 202 Å². The minimum atomic E-state index is -0.443. The van der Waals surface area contributed by atoms with Crippen LogP contribution in [0.4, 0.5) is 16.2 Å². The second-order valence-corrected chi connectivity index (χ2v) is 7.80. The second-order valence-electron chi connectivity index (χ2n) is 7.80.